The van der Waals surface area contributed by atoms with Crippen LogP contribution in [0.4, 0.5) is 0 Å². The lowest BCUT2D eigenvalue weighted by molar-refractivity contribution is 0.255. The van der Waals surface area contributed by atoms with Crippen LogP contribution in [-0.4, -0.2) is 16.7 Å². The van der Waals surface area contributed by atoms with Crippen LogP contribution in [0.25, 0.3) is 0 Å². The molecule has 0 saturated heterocycles. The van der Waals surface area contributed by atoms with Crippen LogP contribution in [0.1, 0.15) is 44.2 Å². The first-order chi connectivity index (χ1) is 9.74. The molecule has 0 amide bonds. The van der Waals surface area contributed by atoms with Gasteiger partial charge in [0.25, 0.3) is 5.89 Å². The number of aryl methyl sites for hydroxylation is 1. The van der Waals surface area contributed by atoms with E-state index in [2.05, 4.69) is 35.4 Å². The van der Waals surface area contributed by atoms with Crippen LogP contribution >= 0.6 is 0 Å². The highest BCUT2D eigenvalue weighted by Gasteiger charge is 2.11. The van der Waals surface area contributed by atoms with Crippen molar-refractivity contribution in [2.45, 2.75) is 39.8 Å². The summed E-state index contributed by atoms with van der Waals surface area (Å²) in [6, 6.07) is 8.24. The summed E-state index contributed by atoms with van der Waals surface area (Å²) in [6.45, 7) is 7.39. The zero-order chi connectivity index (χ0) is 14.4. The van der Waals surface area contributed by atoms with Crippen LogP contribution < -0.4 is 10.1 Å². The first-order valence-electron chi connectivity index (χ1n) is 7.01. The molecule has 0 aliphatic carbocycles. The monoisotopic (exact) mass is 275 g/mol. The maximum atomic E-state index is 5.81. The van der Waals surface area contributed by atoms with E-state index in [1.165, 1.54) is 0 Å². The first kappa shape index (κ1) is 14.5. The van der Waals surface area contributed by atoms with E-state index in [9.17, 15) is 0 Å². The SMILES string of the molecule is CCNC(C)c1ccccc1OCc1nnc(CC)o1. The van der Waals surface area contributed by atoms with Gasteiger partial charge in [0.2, 0.25) is 5.89 Å². The molecule has 0 aliphatic rings. The zero-order valence-electron chi connectivity index (χ0n) is 12.2. The second-order valence-corrected chi connectivity index (χ2v) is 4.55. The summed E-state index contributed by atoms with van der Waals surface area (Å²) in [5, 5.41) is 11.3. The Morgan fingerprint density at radius 2 is 1.95 bits per heavy atom. The number of aromatic nitrogens is 2. The number of hydrogen-bond acceptors (Lipinski definition) is 5. The van der Waals surface area contributed by atoms with Crippen molar-refractivity contribution in [3.05, 3.63) is 41.6 Å². The molecule has 1 unspecified atom stereocenters. The Morgan fingerprint density at radius 1 is 1.20 bits per heavy atom. The molecule has 1 heterocycles. The molecule has 1 aromatic heterocycles. The largest absolute Gasteiger partial charge is 0.483 e. The van der Waals surface area contributed by atoms with Gasteiger partial charge < -0.3 is 14.5 Å². The highest BCUT2D eigenvalue weighted by Crippen LogP contribution is 2.25. The molecule has 20 heavy (non-hydrogen) atoms. The fourth-order valence-electron chi connectivity index (χ4n) is 2.01. The number of nitrogens with zero attached hydrogens (tertiary/aromatic N) is 2. The molecule has 0 fully saturated rings. The molecule has 2 aromatic rings. The molecule has 2 rings (SSSR count). The van der Waals surface area contributed by atoms with Gasteiger partial charge in [0.15, 0.2) is 6.61 Å². The van der Waals surface area contributed by atoms with Crippen molar-refractivity contribution in [1.29, 1.82) is 0 Å². The van der Waals surface area contributed by atoms with Crippen LogP contribution in [0.2, 0.25) is 0 Å². The summed E-state index contributed by atoms with van der Waals surface area (Å²) in [5.41, 5.74) is 1.13. The van der Waals surface area contributed by atoms with Gasteiger partial charge in [-0.3, -0.25) is 0 Å². The Kier molecular flexibility index (Phi) is 5.12. The molecular formula is C15H21N3O2. The molecule has 0 saturated carbocycles. The summed E-state index contributed by atoms with van der Waals surface area (Å²) in [5.74, 6) is 1.99. The number of hydrogen-bond donors (Lipinski definition) is 1. The quantitative estimate of drug-likeness (QED) is 0.842. The Hall–Kier alpha value is -1.88. The average molecular weight is 275 g/mol. The normalized spacial score (nSPS) is 12.3. The van der Waals surface area contributed by atoms with E-state index < -0.39 is 0 Å². The van der Waals surface area contributed by atoms with Crippen LogP contribution in [0.15, 0.2) is 28.7 Å². The van der Waals surface area contributed by atoms with Crippen LogP contribution in [0, 0.1) is 0 Å². The standard InChI is InChI=1S/C15H21N3O2/c1-4-14-17-18-15(20-14)10-19-13-9-7-6-8-12(13)11(3)16-5-2/h6-9,11,16H,4-5,10H2,1-3H3. The van der Waals surface area contributed by atoms with Gasteiger partial charge in [-0.15, -0.1) is 10.2 Å². The van der Waals surface area contributed by atoms with E-state index in [0.29, 0.717) is 18.4 Å². The van der Waals surface area contributed by atoms with Gasteiger partial charge in [0.05, 0.1) is 0 Å². The molecule has 1 atom stereocenters. The lowest BCUT2D eigenvalue weighted by Crippen LogP contribution is -2.18. The van der Waals surface area contributed by atoms with Gasteiger partial charge in [-0.05, 0) is 19.5 Å². The fourth-order valence-corrected chi connectivity index (χ4v) is 2.01. The summed E-state index contributed by atoms with van der Waals surface area (Å²) in [7, 11) is 0. The summed E-state index contributed by atoms with van der Waals surface area (Å²) >= 11 is 0. The van der Waals surface area contributed by atoms with Gasteiger partial charge in [-0.1, -0.05) is 32.0 Å². The number of para-hydroxylation sites is 1. The second-order valence-electron chi connectivity index (χ2n) is 4.55. The number of rotatable bonds is 7. The van der Waals surface area contributed by atoms with E-state index in [1.54, 1.807) is 0 Å². The third kappa shape index (κ3) is 3.57. The van der Waals surface area contributed by atoms with Crippen LogP contribution in [0.5, 0.6) is 5.75 Å². The average Bonchev–Trinajstić information content (AvgIpc) is 2.93. The van der Waals surface area contributed by atoms with Crippen LogP contribution in [0.3, 0.4) is 0 Å². The van der Waals surface area contributed by atoms with Crippen molar-refractivity contribution in [1.82, 2.24) is 15.5 Å². The Balaban J connectivity index is 2.05. The Morgan fingerprint density at radius 3 is 2.65 bits per heavy atom. The molecular weight excluding hydrogens is 254 g/mol. The lowest BCUT2D eigenvalue weighted by Gasteiger charge is -2.16. The molecule has 0 bridgehead atoms. The maximum Gasteiger partial charge on any atom is 0.253 e. The minimum Gasteiger partial charge on any atom is -0.483 e. The third-order valence-electron chi connectivity index (χ3n) is 3.06. The molecule has 108 valence electrons. The molecule has 1 N–H and O–H groups in total. The highest BCUT2D eigenvalue weighted by atomic mass is 16.5. The summed E-state index contributed by atoms with van der Waals surface area (Å²) < 4.78 is 11.3. The Bertz CT molecular complexity index is 539. The van der Waals surface area contributed by atoms with E-state index in [-0.39, 0.29) is 6.04 Å². The molecule has 0 aliphatic heterocycles. The van der Waals surface area contributed by atoms with Crippen molar-refractivity contribution in [2.75, 3.05) is 6.54 Å². The van der Waals surface area contributed by atoms with Crippen molar-refractivity contribution in [2.24, 2.45) is 0 Å². The van der Waals surface area contributed by atoms with Gasteiger partial charge in [-0.2, -0.15) is 0 Å². The van der Waals surface area contributed by atoms with E-state index in [4.69, 9.17) is 9.15 Å². The summed E-state index contributed by atoms with van der Waals surface area (Å²) in [6.07, 6.45) is 0.737. The predicted molar refractivity (Wildman–Crippen MR) is 76.5 cm³/mol. The van der Waals surface area contributed by atoms with Gasteiger partial charge in [0.1, 0.15) is 5.75 Å². The highest BCUT2D eigenvalue weighted by molar-refractivity contribution is 5.35. The van der Waals surface area contributed by atoms with Crippen molar-refractivity contribution >= 4 is 0 Å². The molecule has 0 radical (unpaired) electrons. The minimum absolute atomic E-state index is 0.241. The Labute approximate surface area is 119 Å². The predicted octanol–water partition coefficient (Wildman–Crippen LogP) is 2.88. The molecule has 5 heteroatoms. The summed E-state index contributed by atoms with van der Waals surface area (Å²) in [4.78, 5) is 0. The fraction of sp³-hybridized carbons (Fsp3) is 0.467. The molecule has 1 aromatic carbocycles. The number of nitrogens with one attached hydrogen (secondary N) is 1. The van der Waals surface area contributed by atoms with Gasteiger partial charge in [-0.25, -0.2) is 0 Å². The molecule has 5 nitrogen and oxygen atoms in total. The molecule has 0 spiro atoms. The topological polar surface area (TPSA) is 60.2 Å². The number of ether oxygens (including phenoxy) is 1. The first-order valence-corrected chi connectivity index (χ1v) is 7.01. The van der Waals surface area contributed by atoms with E-state index in [0.717, 1.165) is 24.3 Å². The third-order valence-corrected chi connectivity index (χ3v) is 3.06. The van der Waals surface area contributed by atoms with Crippen LogP contribution in [-0.2, 0) is 13.0 Å². The van der Waals surface area contributed by atoms with Gasteiger partial charge >= 0.3 is 0 Å². The lowest BCUT2D eigenvalue weighted by atomic mass is 10.1. The van der Waals surface area contributed by atoms with Crippen molar-refractivity contribution in [3.8, 4) is 5.75 Å². The van der Waals surface area contributed by atoms with Crippen molar-refractivity contribution in [3.63, 3.8) is 0 Å². The maximum absolute atomic E-state index is 5.81. The smallest absolute Gasteiger partial charge is 0.253 e. The van der Waals surface area contributed by atoms with Crippen molar-refractivity contribution < 1.29 is 9.15 Å². The van der Waals surface area contributed by atoms with E-state index in [1.807, 2.05) is 25.1 Å². The van der Waals surface area contributed by atoms with E-state index >= 15 is 0 Å². The number of benzene rings is 1. The van der Waals surface area contributed by atoms with Gasteiger partial charge in [0, 0.05) is 18.0 Å². The minimum atomic E-state index is 0.241. The second kappa shape index (κ2) is 7.05. The zero-order valence-corrected chi connectivity index (χ0v) is 12.2.